The van der Waals surface area contributed by atoms with Crippen molar-refractivity contribution in [3.63, 3.8) is 0 Å². The second-order valence-electron chi connectivity index (χ2n) is 5.08. The molecule has 16 heavy (non-hydrogen) atoms. The van der Waals surface area contributed by atoms with Crippen LogP contribution in [0.2, 0.25) is 0 Å². The summed E-state index contributed by atoms with van der Waals surface area (Å²) in [4.78, 5) is 22.3. The summed E-state index contributed by atoms with van der Waals surface area (Å²) < 4.78 is 4.50. The van der Waals surface area contributed by atoms with Gasteiger partial charge in [0.25, 0.3) is 0 Å². The van der Waals surface area contributed by atoms with Gasteiger partial charge in [-0.3, -0.25) is 9.59 Å². The third-order valence-electron chi connectivity index (χ3n) is 2.69. The molecule has 0 aliphatic carbocycles. The quantitative estimate of drug-likeness (QED) is 0.732. The molecule has 0 saturated heterocycles. The number of nitrogens with one attached hydrogen (secondary N) is 1. The van der Waals surface area contributed by atoms with Gasteiger partial charge in [-0.15, -0.1) is 0 Å². The average Bonchev–Trinajstić information content (AvgIpc) is 2.15. The van der Waals surface area contributed by atoms with Crippen molar-refractivity contribution in [2.45, 2.75) is 53.0 Å². The third kappa shape index (κ3) is 6.43. The van der Waals surface area contributed by atoms with Crippen molar-refractivity contribution in [3.05, 3.63) is 0 Å². The number of rotatable bonds is 5. The summed E-state index contributed by atoms with van der Waals surface area (Å²) in [6.45, 7) is 8.21. The first-order valence-corrected chi connectivity index (χ1v) is 5.63. The summed E-state index contributed by atoms with van der Waals surface area (Å²) in [6.07, 6.45) is 1.21. The maximum atomic E-state index is 11.5. The Morgan fingerprint density at radius 1 is 1.25 bits per heavy atom. The Morgan fingerprint density at radius 2 is 1.81 bits per heavy atom. The summed E-state index contributed by atoms with van der Waals surface area (Å²) >= 11 is 0. The molecule has 0 saturated carbocycles. The smallest absolute Gasteiger partial charge is 0.305 e. The highest BCUT2D eigenvalue weighted by atomic mass is 16.5. The predicted octanol–water partition coefficient (Wildman–Crippen LogP) is 1.88. The summed E-state index contributed by atoms with van der Waals surface area (Å²) in [7, 11) is 1.35. The molecular weight excluding hydrogens is 206 g/mol. The Bertz CT molecular complexity index is 243. The first-order chi connectivity index (χ1) is 7.27. The Balaban J connectivity index is 3.79. The molecule has 0 aliphatic heterocycles. The summed E-state index contributed by atoms with van der Waals surface area (Å²) in [5.41, 5.74) is 0.0536. The average molecular weight is 229 g/mol. The molecule has 0 spiro atoms. The maximum Gasteiger partial charge on any atom is 0.305 e. The van der Waals surface area contributed by atoms with Gasteiger partial charge in [0.05, 0.1) is 7.11 Å². The second-order valence-corrected chi connectivity index (χ2v) is 5.08. The largest absolute Gasteiger partial charge is 0.469 e. The third-order valence-corrected chi connectivity index (χ3v) is 2.69. The monoisotopic (exact) mass is 229 g/mol. The van der Waals surface area contributed by atoms with Crippen LogP contribution < -0.4 is 5.32 Å². The van der Waals surface area contributed by atoms with E-state index in [2.05, 4.69) is 30.8 Å². The van der Waals surface area contributed by atoms with Gasteiger partial charge in [-0.1, -0.05) is 20.8 Å². The van der Waals surface area contributed by atoms with Crippen LogP contribution in [0.3, 0.4) is 0 Å². The van der Waals surface area contributed by atoms with E-state index in [1.54, 1.807) is 0 Å². The van der Waals surface area contributed by atoms with Crippen LogP contribution in [0.4, 0.5) is 0 Å². The van der Waals surface area contributed by atoms with Crippen molar-refractivity contribution in [1.82, 2.24) is 5.32 Å². The van der Waals surface area contributed by atoms with Gasteiger partial charge in [0.1, 0.15) is 0 Å². The number of esters is 1. The molecule has 1 atom stereocenters. The maximum absolute atomic E-state index is 11.5. The SMILES string of the molecule is COC(=O)CCCC(=O)NC(C)C(C)(C)C. The van der Waals surface area contributed by atoms with E-state index in [4.69, 9.17) is 0 Å². The number of hydrogen-bond donors (Lipinski definition) is 1. The van der Waals surface area contributed by atoms with Crippen molar-refractivity contribution in [2.75, 3.05) is 7.11 Å². The second kappa shape index (κ2) is 6.51. The molecule has 0 aromatic rings. The highest BCUT2D eigenvalue weighted by Gasteiger charge is 2.21. The molecule has 0 heterocycles. The van der Waals surface area contributed by atoms with Crippen LogP contribution in [0, 0.1) is 5.41 Å². The van der Waals surface area contributed by atoms with Crippen LogP contribution in [-0.4, -0.2) is 25.0 Å². The van der Waals surface area contributed by atoms with E-state index < -0.39 is 0 Å². The van der Waals surface area contributed by atoms with Crippen LogP contribution in [0.1, 0.15) is 47.0 Å². The van der Waals surface area contributed by atoms with Crippen LogP contribution in [0.25, 0.3) is 0 Å². The normalized spacial score (nSPS) is 13.1. The zero-order valence-corrected chi connectivity index (χ0v) is 10.9. The van der Waals surface area contributed by atoms with Gasteiger partial charge in [-0.05, 0) is 18.8 Å². The number of methoxy groups -OCH3 is 1. The molecule has 0 aromatic carbocycles. The van der Waals surface area contributed by atoms with Gasteiger partial charge in [-0.25, -0.2) is 0 Å². The number of hydrogen-bond acceptors (Lipinski definition) is 3. The number of carbonyl (C=O) groups excluding carboxylic acids is 2. The van der Waals surface area contributed by atoms with Crippen molar-refractivity contribution in [2.24, 2.45) is 5.41 Å². The summed E-state index contributed by atoms with van der Waals surface area (Å²) in [5.74, 6) is -0.275. The standard InChI is InChI=1S/C12H23NO3/c1-9(12(2,3)4)13-10(14)7-6-8-11(15)16-5/h9H,6-8H2,1-5H3,(H,13,14). The van der Waals surface area contributed by atoms with Crippen LogP contribution >= 0.6 is 0 Å². The van der Waals surface area contributed by atoms with Crippen LogP contribution in [0.5, 0.6) is 0 Å². The molecule has 0 radical (unpaired) electrons. The molecule has 1 N–H and O–H groups in total. The fourth-order valence-electron chi connectivity index (χ4n) is 1.03. The first kappa shape index (κ1) is 14.9. The topological polar surface area (TPSA) is 55.4 Å². The molecule has 4 heteroatoms. The van der Waals surface area contributed by atoms with E-state index >= 15 is 0 Å². The van der Waals surface area contributed by atoms with E-state index in [9.17, 15) is 9.59 Å². The van der Waals surface area contributed by atoms with E-state index in [0.717, 1.165) is 0 Å². The predicted molar refractivity (Wildman–Crippen MR) is 62.9 cm³/mol. The van der Waals surface area contributed by atoms with Gasteiger partial charge in [0.2, 0.25) is 5.91 Å². The van der Waals surface area contributed by atoms with Gasteiger partial charge in [0.15, 0.2) is 0 Å². The van der Waals surface area contributed by atoms with Gasteiger partial charge < -0.3 is 10.1 Å². The Labute approximate surface area is 97.7 Å². The van der Waals surface area contributed by atoms with Crippen molar-refractivity contribution < 1.29 is 14.3 Å². The van der Waals surface area contributed by atoms with Crippen molar-refractivity contribution >= 4 is 11.9 Å². The van der Waals surface area contributed by atoms with Gasteiger partial charge in [-0.2, -0.15) is 0 Å². The highest BCUT2D eigenvalue weighted by molar-refractivity contribution is 5.77. The minimum absolute atomic E-state index is 0.00803. The zero-order chi connectivity index (χ0) is 12.8. The zero-order valence-electron chi connectivity index (χ0n) is 10.9. The fourth-order valence-corrected chi connectivity index (χ4v) is 1.03. The molecule has 1 unspecified atom stereocenters. The fraction of sp³-hybridized carbons (Fsp3) is 0.833. The molecule has 0 aromatic heterocycles. The van der Waals surface area contributed by atoms with E-state index in [1.807, 2.05) is 6.92 Å². The molecule has 4 nitrogen and oxygen atoms in total. The molecular formula is C12H23NO3. The lowest BCUT2D eigenvalue weighted by Gasteiger charge is -2.28. The lowest BCUT2D eigenvalue weighted by molar-refractivity contribution is -0.140. The van der Waals surface area contributed by atoms with E-state index in [0.29, 0.717) is 19.3 Å². The highest BCUT2D eigenvalue weighted by Crippen LogP contribution is 2.18. The van der Waals surface area contributed by atoms with Crippen LogP contribution in [0.15, 0.2) is 0 Å². The van der Waals surface area contributed by atoms with E-state index in [1.165, 1.54) is 7.11 Å². The minimum atomic E-state index is -0.267. The summed E-state index contributed by atoms with van der Waals surface area (Å²) in [5, 5.41) is 2.92. The molecule has 0 bridgehead atoms. The minimum Gasteiger partial charge on any atom is -0.469 e. The Kier molecular flexibility index (Phi) is 6.08. The Morgan fingerprint density at radius 3 is 2.25 bits per heavy atom. The van der Waals surface area contributed by atoms with Crippen LogP contribution in [-0.2, 0) is 14.3 Å². The lowest BCUT2D eigenvalue weighted by Crippen LogP contribution is -2.41. The lowest BCUT2D eigenvalue weighted by atomic mass is 9.88. The van der Waals surface area contributed by atoms with E-state index in [-0.39, 0.29) is 23.3 Å². The molecule has 0 rings (SSSR count). The molecule has 0 fully saturated rings. The summed E-state index contributed by atoms with van der Waals surface area (Å²) in [6, 6.07) is 0.123. The van der Waals surface area contributed by atoms with Gasteiger partial charge in [0, 0.05) is 18.9 Å². The first-order valence-electron chi connectivity index (χ1n) is 5.63. The Hall–Kier alpha value is -1.06. The molecule has 0 aliphatic rings. The number of carbonyl (C=O) groups is 2. The number of ether oxygens (including phenoxy) is 1. The van der Waals surface area contributed by atoms with Crippen molar-refractivity contribution in [3.8, 4) is 0 Å². The number of amides is 1. The van der Waals surface area contributed by atoms with Crippen molar-refractivity contribution in [1.29, 1.82) is 0 Å². The molecule has 94 valence electrons. The van der Waals surface area contributed by atoms with Gasteiger partial charge >= 0.3 is 5.97 Å². The molecule has 1 amide bonds.